The number of rotatable bonds is 4. The van der Waals surface area contributed by atoms with Gasteiger partial charge in [-0.05, 0) is 24.0 Å². The van der Waals surface area contributed by atoms with Gasteiger partial charge >= 0.3 is 0 Å². The van der Waals surface area contributed by atoms with E-state index in [4.69, 9.17) is 5.73 Å². The van der Waals surface area contributed by atoms with Crippen LogP contribution in [0.3, 0.4) is 0 Å². The Hall–Kier alpha value is -0.860. The zero-order valence-corrected chi connectivity index (χ0v) is 9.42. The molecule has 3 N–H and O–H groups in total. The maximum Gasteiger partial charge on any atom is 0.0662 e. The van der Waals surface area contributed by atoms with Crippen LogP contribution in [0.15, 0.2) is 24.3 Å². The van der Waals surface area contributed by atoms with Crippen molar-refractivity contribution in [2.45, 2.75) is 31.7 Å². The monoisotopic (exact) mass is 204 g/mol. The normalized spacial score (nSPS) is 18.5. The summed E-state index contributed by atoms with van der Waals surface area (Å²) in [6.45, 7) is 4.03. The van der Waals surface area contributed by atoms with Crippen LogP contribution in [-0.2, 0) is 12.0 Å². The summed E-state index contributed by atoms with van der Waals surface area (Å²) in [7, 11) is 0. The van der Waals surface area contributed by atoms with Gasteiger partial charge in [0.25, 0.3) is 0 Å². The van der Waals surface area contributed by atoms with Crippen molar-refractivity contribution in [2.24, 2.45) is 5.73 Å². The zero-order chi connectivity index (χ0) is 10.7. The summed E-state index contributed by atoms with van der Waals surface area (Å²) in [5.41, 5.74) is 8.80. The second-order valence-electron chi connectivity index (χ2n) is 4.56. The summed E-state index contributed by atoms with van der Waals surface area (Å²) in [5.74, 6) is 0. The Morgan fingerprint density at radius 2 is 1.93 bits per heavy atom. The molecule has 1 aromatic rings. The second-order valence-corrected chi connectivity index (χ2v) is 4.56. The lowest BCUT2D eigenvalue weighted by atomic mass is 9.85. The van der Waals surface area contributed by atoms with Crippen LogP contribution in [0, 0.1) is 0 Å². The molecule has 1 heterocycles. The predicted octanol–water partition coefficient (Wildman–Crippen LogP) is 1.79. The third-order valence-electron chi connectivity index (χ3n) is 3.23. The molecular formula is C13H20N2. The topological polar surface area (TPSA) is 38.0 Å². The van der Waals surface area contributed by atoms with Gasteiger partial charge in [-0.25, -0.2) is 0 Å². The molecule has 0 saturated carbocycles. The van der Waals surface area contributed by atoms with E-state index in [1.54, 1.807) is 0 Å². The van der Waals surface area contributed by atoms with Gasteiger partial charge < -0.3 is 11.1 Å². The number of nitrogens with one attached hydrogen (secondary N) is 1. The van der Waals surface area contributed by atoms with Gasteiger partial charge in [-0.3, -0.25) is 0 Å². The first-order chi connectivity index (χ1) is 7.24. The molecule has 0 radical (unpaired) electrons. The van der Waals surface area contributed by atoms with E-state index in [2.05, 4.69) is 36.5 Å². The lowest BCUT2D eigenvalue weighted by Crippen LogP contribution is -2.62. The number of hydrogen-bond donors (Lipinski definition) is 2. The lowest BCUT2D eigenvalue weighted by Gasteiger charge is -2.39. The Balaban J connectivity index is 2.03. The van der Waals surface area contributed by atoms with E-state index in [1.807, 2.05) is 0 Å². The minimum absolute atomic E-state index is 0.108. The van der Waals surface area contributed by atoms with Crippen molar-refractivity contribution in [3.63, 3.8) is 0 Å². The predicted molar refractivity (Wildman–Crippen MR) is 63.8 cm³/mol. The van der Waals surface area contributed by atoms with Crippen molar-refractivity contribution in [3.8, 4) is 0 Å². The van der Waals surface area contributed by atoms with Gasteiger partial charge in [-0.2, -0.15) is 0 Å². The Labute approximate surface area is 91.9 Å². The summed E-state index contributed by atoms with van der Waals surface area (Å²) in [4.78, 5) is 0. The first-order valence-corrected chi connectivity index (χ1v) is 5.83. The summed E-state index contributed by atoms with van der Waals surface area (Å²) in [6.07, 6.45) is 3.72. The third kappa shape index (κ3) is 2.21. The number of benzene rings is 1. The molecule has 0 amide bonds. The molecule has 1 aromatic carbocycles. The van der Waals surface area contributed by atoms with E-state index in [0.29, 0.717) is 0 Å². The highest BCUT2D eigenvalue weighted by Gasteiger charge is 2.33. The highest BCUT2D eigenvalue weighted by Crippen LogP contribution is 2.22. The molecule has 2 nitrogen and oxygen atoms in total. The van der Waals surface area contributed by atoms with Gasteiger partial charge in [0.05, 0.1) is 5.54 Å². The average molecular weight is 204 g/mol. The highest BCUT2D eigenvalue weighted by atomic mass is 15.1. The van der Waals surface area contributed by atoms with Gasteiger partial charge in [0, 0.05) is 13.1 Å². The van der Waals surface area contributed by atoms with Crippen LogP contribution >= 0.6 is 0 Å². The van der Waals surface area contributed by atoms with Crippen molar-refractivity contribution < 1.29 is 0 Å². The minimum Gasteiger partial charge on any atom is -0.319 e. The quantitative estimate of drug-likeness (QED) is 0.784. The molecule has 2 rings (SSSR count). The number of aryl methyl sites for hydroxylation is 1. The lowest BCUT2D eigenvalue weighted by molar-refractivity contribution is 0.287. The maximum atomic E-state index is 6.21. The molecule has 15 heavy (non-hydrogen) atoms. The first-order valence-electron chi connectivity index (χ1n) is 5.83. The molecule has 1 fully saturated rings. The Morgan fingerprint density at radius 1 is 1.27 bits per heavy atom. The third-order valence-corrected chi connectivity index (χ3v) is 3.23. The SMILES string of the molecule is CCCCc1ccc(C2(N)CNC2)cc1. The van der Waals surface area contributed by atoms with Crippen molar-refractivity contribution >= 4 is 0 Å². The van der Waals surface area contributed by atoms with E-state index in [-0.39, 0.29) is 5.54 Å². The average Bonchev–Trinajstić information content (AvgIpc) is 2.24. The van der Waals surface area contributed by atoms with Crippen LogP contribution in [0.1, 0.15) is 30.9 Å². The molecule has 1 aliphatic rings. The molecule has 0 spiro atoms. The molecule has 0 atom stereocenters. The molecule has 0 unspecified atom stereocenters. The Morgan fingerprint density at radius 3 is 2.40 bits per heavy atom. The van der Waals surface area contributed by atoms with E-state index in [9.17, 15) is 0 Å². The van der Waals surface area contributed by atoms with Crippen molar-refractivity contribution in [1.82, 2.24) is 5.32 Å². The minimum atomic E-state index is -0.108. The second kappa shape index (κ2) is 4.33. The summed E-state index contributed by atoms with van der Waals surface area (Å²) >= 11 is 0. The van der Waals surface area contributed by atoms with Gasteiger partial charge in [-0.1, -0.05) is 37.6 Å². The van der Waals surface area contributed by atoms with E-state index in [1.165, 1.54) is 30.4 Å². The zero-order valence-electron chi connectivity index (χ0n) is 9.42. The molecular weight excluding hydrogens is 184 g/mol. The van der Waals surface area contributed by atoms with Gasteiger partial charge in [0.15, 0.2) is 0 Å². The summed E-state index contributed by atoms with van der Waals surface area (Å²) < 4.78 is 0. The van der Waals surface area contributed by atoms with Gasteiger partial charge in [0.2, 0.25) is 0 Å². The van der Waals surface area contributed by atoms with Crippen LogP contribution in [0.2, 0.25) is 0 Å². The van der Waals surface area contributed by atoms with E-state index in [0.717, 1.165) is 13.1 Å². The highest BCUT2D eigenvalue weighted by molar-refractivity contribution is 5.31. The van der Waals surface area contributed by atoms with Crippen molar-refractivity contribution in [3.05, 3.63) is 35.4 Å². The molecule has 82 valence electrons. The molecule has 0 aromatic heterocycles. The molecule has 0 aliphatic carbocycles. The van der Waals surface area contributed by atoms with Crippen LogP contribution in [0.5, 0.6) is 0 Å². The fourth-order valence-corrected chi connectivity index (χ4v) is 1.98. The summed E-state index contributed by atoms with van der Waals surface area (Å²) in [5, 5.41) is 3.22. The maximum absolute atomic E-state index is 6.21. The van der Waals surface area contributed by atoms with Crippen molar-refractivity contribution in [1.29, 1.82) is 0 Å². The van der Waals surface area contributed by atoms with Gasteiger partial charge in [0.1, 0.15) is 0 Å². The smallest absolute Gasteiger partial charge is 0.0662 e. The number of unbranched alkanes of at least 4 members (excludes halogenated alkanes) is 1. The number of hydrogen-bond acceptors (Lipinski definition) is 2. The Bertz CT molecular complexity index is 312. The van der Waals surface area contributed by atoms with Crippen LogP contribution < -0.4 is 11.1 Å². The fourth-order valence-electron chi connectivity index (χ4n) is 1.98. The van der Waals surface area contributed by atoms with Crippen LogP contribution in [0.25, 0.3) is 0 Å². The Kier molecular flexibility index (Phi) is 3.08. The first kappa shape index (κ1) is 10.7. The molecule has 2 heteroatoms. The summed E-state index contributed by atoms with van der Waals surface area (Å²) in [6, 6.07) is 8.81. The van der Waals surface area contributed by atoms with Crippen molar-refractivity contribution in [2.75, 3.05) is 13.1 Å². The largest absolute Gasteiger partial charge is 0.319 e. The van der Waals surface area contributed by atoms with E-state index >= 15 is 0 Å². The standard InChI is InChI=1S/C13H20N2/c1-2-3-4-11-5-7-12(8-6-11)13(14)9-15-10-13/h5-8,15H,2-4,9-10,14H2,1H3. The van der Waals surface area contributed by atoms with E-state index < -0.39 is 0 Å². The van der Waals surface area contributed by atoms with Crippen LogP contribution in [0.4, 0.5) is 0 Å². The number of nitrogens with two attached hydrogens (primary N) is 1. The van der Waals surface area contributed by atoms with Crippen LogP contribution in [-0.4, -0.2) is 13.1 Å². The molecule has 1 saturated heterocycles. The molecule has 1 aliphatic heterocycles. The molecule has 0 bridgehead atoms. The fraction of sp³-hybridized carbons (Fsp3) is 0.538. The van der Waals surface area contributed by atoms with Gasteiger partial charge in [-0.15, -0.1) is 0 Å².